The molecule has 2 heterocycles. The summed E-state index contributed by atoms with van der Waals surface area (Å²) in [5, 5.41) is 8.31. The Bertz CT molecular complexity index is 878. The molecule has 0 bridgehead atoms. The molecule has 1 aromatic carbocycles. The smallest absolute Gasteiger partial charge is 0.286 e. The van der Waals surface area contributed by atoms with Crippen LogP contribution in [0.15, 0.2) is 65.1 Å². The molecule has 0 atom stereocenters. The van der Waals surface area contributed by atoms with Crippen molar-refractivity contribution in [3.05, 3.63) is 60.4 Å². The molecule has 6 heteroatoms. The zero-order chi connectivity index (χ0) is 16.2. The van der Waals surface area contributed by atoms with Gasteiger partial charge in [-0.2, -0.15) is 5.10 Å². The van der Waals surface area contributed by atoms with Gasteiger partial charge < -0.3 is 5.73 Å². The van der Waals surface area contributed by atoms with Crippen molar-refractivity contribution in [2.75, 3.05) is 6.26 Å². The zero-order valence-electron chi connectivity index (χ0n) is 13.0. The maximum atomic E-state index is 5.58. The molecule has 0 aliphatic carbocycles. The van der Waals surface area contributed by atoms with E-state index in [1.165, 1.54) is 11.8 Å². The lowest BCUT2D eigenvalue weighted by atomic mass is 10.1. The lowest BCUT2D eigenvalue weighted by Gasteiger charge is -1.98. The Labute approximate surface area is 139 Å². The van der Waals surface area contributed by atoms with Gasteiger partial charge >= 0.3 is 0 Å². The van der Waals surface area contributed by atoms with Crippen molar-refractivity contribution in [2.45, 2.75) is 0 Å². The fourth-order valence-electron chi connectivity index (χ4n) is 2.38. The van der Waals surface area contributed by atoms with Crippen LogP contribution < -0.4 is 10.1 Å². The average molecular weight is 324 g/mol. The summed E-state index contributed by atoms with van der Waals surface area (Å²) in [6.07, 6.45) is 7.74. The molecule has 0 saturated heterocycles. The van der Waals surface area contributed by atoms with Crippen molar-refractivity contribution in [1.29, 1.82) is 0 Å². The van der Waals surface area contributed by atoms with Crippen LogP contribution in [0.25, 0.3) is 16.9 Å². The van der Waals surface area contributed by atoms with Crippen LogP contribution in [-0.2, 0) is 7.05 Å². The summed E-state index contributed by atoms with van der Waals surface area (Å²) in [5.74, 6) is 0. The number of amidine groups is 1. The molecular formula is C17H18N5S+. The first kappa shape index (κ1) is 15.3. The Balaban J connectivity index is 1.88. The van der Waals surface area contributed by atoms with Gasteiger partial charge in [-0.3, -0.25) is 0 Å². The molecule has 0 saturated carbocycles. The highest BCUT2D eigenvalue weighted by Crippen LogP contribution is 2.19. The molecule has 2 aromatic heterocycles. The summed E-state index contributed by atoms with van der Waals surface area (Å²) in [6, 6.07) is 14.4. The molecular weight excluding hydrogens is 306 g/mol. The molecule has 2 N–H and O–H groups in total. The molecule has 0 spiro atoms. The second-order valence-corrected chi connectivity index (χ2v) is 5.87. The molecule has 0 aliphatic heterocycles. The fourth-order valence-corrected chi connectivity index (χ4v) is 2.51. The van der Waals surface area contributed by atoms with Crippen LogP contribution in [0.4, 0.5) is 0 Å². The van der Waals surface area contributed by atoms with E-state index >= 15 is 0 Å². The predicted molar refractivity (Wildman–Crippen MR) is 96.7 cm³/mol. The Hall–Kier alpha value is -2.60. The second kappa shape index (κ2) is 6.66. The van der Waals surface area contributed by atoms with Crippen molar-refractivity contribution in [1.82, 2.24) is 4.57 Å². The number of benzene rings is 1. The van der Waals surface area contributed by atoms with Crippen molar-refractivity contribution in [3.8, 4) is 11.3 Å². The molecule has 116 valence electrons. The van der Waals surface area contributed by atoms with E-state index in [1.54, 1.807) is 6.21 Å². The first-order valence-electron chi connectivity index (χ1n) is 7.15. The number of pyridine rings is 1. The molecule has 0 unspecified atom stereocenters. The van der Waals surface area contributed by atoms with Crippen molar-refractivity contribution >= 4 is 28.8 Å². The van der Waals surface area contributed by atoms with E-state index in [-0.39, 0.29) is 0 Å². The molecule has 5 nitrogen and oxygen atoms in total. The molecule has 0 radical (unpaired) electrons. The molecule has 3 rings (SSSR count). The standard InChI is InChI=1S/C17H18N5S/c1-21-15(12-22-10-4-3-5-16(21)22)14-8-6-13(7-9-14)11-19-20-17(18)23-2/h3-12H,1-2H3,(H2,18,20)/q+1/b19-11-. The molecule has 0 amide bonds. The first-order valence-corrected chi connectivity index (χ1v) is 8.38. The predicted octanol–water partition coefficient (Wildman–Crippen LogP) is 2.44. The molecule has 0 fully saturated rings. The summed E-state index contributed by atoms with van der Waals surface area (Å²) < 4.78 is 4.29. The third-order valence-electron chi connectivity index (χ3n) is 3.61. The van der Waals surface area contributed by atoms with Crippen molar-refractivity contribution < 1.29 is 4.40 Å². The van der Waals surface area contributed by atoms with E-state index in [2.05, 4.69) is 50.6 Å². The first-order chi connectivity index (χ1) is 11.2. The highest BCUT2D eigenvalue weighted by molar-refractivity contribution is 8.13. The number of imidazole rings is 1. The number of aromatic nitrogens is 2. The number of rotatable bonds is 3. The molecule has 23 heavy (non-hydrogen) atoms. The van der Waals surface area contributed by atoms with Crippen LogP contribution in [0.5, 0.6) is 0 Å². The lowest BCUT2D eigenvalue weighted by Crippen LogP contribution is -2.17. The third kappa shape index (κ3) is 3.27. The van der Waals surface area contributed by atoms with E-state index in [0.717, 1.165) is 22.5 Å². The number of hydrogen-bond acceptors (Lipinski definition) is 3. The van der Waals surface area contributed by atoms with Gasteiger partial charge in [0.2, 0.25) is 0 Å². The van der Waals surface area contributed by atoms with Gasteiger partial charge in [0.1, 0.15) is 6.20 Å². The van der Waals surface area contributed by atoms with Crippen LogP contribution in [-0.4, -0.2) is 22.2 Å². The molecule has 0 aliphatic rings. The minimum Gasteiger partial charge on any atom is -0.377 e. The maximum absolute atomic E-state index is 5.58. The highest BCUT2D eigenvalue weighted by atomic mass is 32.2. The van der Waals surface area contributed by atoms with E-state index in [1.807, 2.05) is 36.7 Å². The number of thioether (sulfide) groups is 1. The van der Waals surface area contributed by atoms with Gasteiger partial charge in [0.15, 0.2) is 10.9 Å². The lowest BCUT2D eigenvalue weighted by molar-refractivity contribution is -0.510. The van der Waals surface area contributed by atoms with Gasteiger partial charge in [0.05, 0.1) is 19.5 Å². The summed E-state index contributed by atoms with van der Waals surface area (Å²) in [7, 11) is 2.07. The van der Waals surface area contributed by atoms with Gasteiger partial charge in [-0.1, -0.05) is 30.0 Å². The largest absolute Gasteiger partial charge is 0.377 e. The number of nitrogens with two attached hydrogens (primary N) is 1. The summed E-state index contributed by atoms with van der Waals surface area (Å²) in [4.78, 5) is 0. The minimum absolute atomic E-state index is 0.449. The number of hydrogen-bond donors (Lipinski definition) is 1. The van der Waals surface area contributed by atoms with Crippen LogP contribution in [0.2, 0.25) is 0 Å². The number of fused-ring (bicyclic) bond motifs is 1. The van der Waals surface area contributed by atoms with Gasteiger partial charge in [0.25, 0.3) is 5.65 Å². The minimum atomic E-state index is 0.449. The Morgan fingerprint density at radius 2 is 2.00 bits per heavy atom. The normalized spacial score (nSPS) is 12.3. The van der Waals surface area contributed by atoms with Gasteiger partial charge in [-0.15, -0.1) is 5.10 Å². The van der Waals surface area contributed by atoms with Crippen LogP contribution in [0, 0.1) is 0 Å². The SMILES string of the molecule is CSC(N)=N/N=C\c1ccc(-c2c[n+]3ccccc3n2C)cc1. The fraction of sp³-hybridized carbons (Fsp3) is 0.118. The van der Waals surface area contributed by atoms with E-state index in [9.17, 15) is 0 Å². The van der Waals surface area contributed by atoms with Crippen LogP contribution in [0.3, 0.4) is 0 Å². The van der Waals surface area contributed by atoms with Crippen molar-refractivity contribution in [3.63, 3.8) is 0 Å². The van der Waals surface area contributed by atoms with Gasteiger partial charge in [-0.25, -0.2) is 8.97 Å². The topological polar surface area (TPSA) is 59.8 Å². The van der Waals surface area contributed by atoms with Crippen LogP contribution >= 0.6 is 11.8 Å². The van der Waals surface area contributed by atoms with Crippen molar-refractivity contribution in [2.24, 2.45) is 23.0 Å². The third-order valence-corrected chi connectivity index (χ3v) is 4.11. The summed E-state index contributed by atoms with van der Waals surface area (Å²) >= 11 is 1.37. The monoisotopic (exact) mass is 324 g/mol. The number of nitrogens with zero attached hydrogens (tertiary/aromatic N) is 4. The Morgan fingerprint density at radius 3 is 2.70 bits per heavy atom. The number of aryl methyl sites for hydroxylation is 1. The maximum Gasteiger partial charge on any atom is 0.286 e. The molecule has 3 aromatic rings. The Kier molecular flexibility index (Phi) is 4.43. The second-order valence-electron chi connectivity index (χ2n) is 5.05. The summed E-state index contributed by atoms with van der Waals surface area (Å²) in [6.45, 7) is 0. The summed E-state index contributed by atoms with van der Waals surface area (Å²) in [5.41, 5.74) is 10.0. The highest BCUT2D eigenvalue weighted by Gasteiger charge is 2.14. The van der Waals surface area contributed by atoms with E-state index in [0.29, 0.717) is 5.17 Å². The van der Waals surface area contributed by atoms with Gasteiger partial charge in [0, 0.05) is 11.6 Å². The van der Waals surface area contributed by atoms with Crippen LogP contribution in [0.1, 0.15) is 5.56 Å². The van der Waals surface area contributed by atoms with E-state index in [4.69, 9.17) is 5.73 Å². The zero-order valence-corrected chi connectivity index (χ0v) is 13.9. The van der Waals surface area contributed by atoms with Gasteiger partial charge in [-0.05, 0) is 30.0 Å². The average Bonchev–Trinajstić information content (AvgIpc) is 2.93. The Morgan fingerprint density at radius 1 is 1.22 bits per heavy atom. The van der Waals surface area contributed by atoms with E-state index < -0.39 is 0 Å². The quantitative estimate of drug-likeness (QED) is 0.348.